The van der Waals surface area contributed by atoms with E-state index in [4.69, 9.17) is 0 Å². The average Bonchev–Trinajstić information content (AvgIpc) is 2.71. The summed E-state index contributed by atoms with van der Waals surface area (Å²) < 4.78 is 24.7. The Kier molecular flexibility index (Phi) is 5.67. The quantitative estimate of drug-likeness (QED) is 0.861. The third-order valence-corrected chi connectivity index (χ3v) is 4.73. The Labute approximate surface area is 124 Å². The molecule has 1 rings (SSSR count). The largest absolute Gasteiger partial charge is 0.349 e. The summed E-state index contributed by atoms with van der Waals surface area (Å²) in [5, 5.41) is 5.01. The predicted molar refractivity (Wildman–Crippen MR) is 80.2 cm³/mol. The molecule has 0 aromatic carbocycles. The third kappa shape index (κ3) is 4.84. The van der Waals surface area contributed by atoms with Crippen LogP contribution in [-0.4, -0.2) is 42.0 Å². The molecule has 0 aliphatic heterocycles. The van der Waals surface area contributed by atoms with Crippen LogP contribution in [0, 0.1) is 0 Å². The first kappa shape index (κ1) is 17.1. The van der Waals surface area contributed by atoms with Gasteiger partial charge in [0.05, 0.1) is 12.8 Å². The highest BCUT2D eigenvalue weighted by Crippen LogP contribution is 2.16. The summed E-state index contributed by atoms with van der Waals surface area (Å²) in [6, 6.07) is -0.113. The van der Waals surface area contributed by atoms with Crippen LogP contribution >= 0.6 is 11.3 Å². The molecule has 0 atom stereocenters. The van der Waals surface area contributed by atoms with Crippen molar-refractivity contribution in [3.05, 3.63) is 16.1 Å². The van der Waals surface area contributed by atoms with Crippen molar-refractivity contribution in [2.24, 2.45) is 0 Å². The number of carbonyl (C=O) groups is 1. The van der Waals surface area contributed by atoms with Crippen molar-refractivity contribution in [2.75, 3.05) is 6.26 Å². The first-order valence-corrected chi connectivity index (χ1v) is 9.06. The van der Waals surface area contributed by atoms with Crippen LogP contribution in [0.5, 0.6) is 0 Å². The summed E-state index contributed by atoms with van der Waals surface area (Å²) in [5.74, 6) is -0.238. The first-order chi connectivity index (χ1) is 9.11. The average molecular weight is 319 g/mol. The number of thiazole rings is 1. The molecule has 1 amide bonds. The van der Waals surface area contributed by atoms with E-state index in [1.165, 1.54) is 21.9 Å². The fourth-order valence-electron chi connectivity index (χ4n) is 1.64. The van der Waals surface area contributed by atoms with Crippen molar-refractivity contribution in [3.8, 4) is 0 Å². The zero-order valence-electron chi connectivity index (χ0n) is 12.4. The van der Waals surface area contributed by atoms with E-state index in [2.05, 4.69) is 10.3 Å². The highest BCUT2D eigenvalue weighted by atomic mass is 32.2. The monoisotopic (exact) mass is 319 g/mol. The maximum absolute atomic E-state index is 11.8. The molecule has 0 unspecified atom stereocenters. The standard InChI is InChI=1S/C12H21N3O3S2/c1-8(2)13-12(16)10-7-19-11(14-10)6-15(9(3)4)20(5,17)18/h7-9H,6H2,1-5H3,(H,13,16). The Morgan fingerprint density at radius 1 is 1.40 bits per heavy atom. The van der Waals surface area contributed by atoms with E-state index >= 15 is 0 Å². The van der Waals surface area contributed by atoms with Crippen molar-refractivity contribution >= 4 is 27.3 Å². The van der Waals surface area contributed by atoms with Crippen molar-refractivity contribution in [1.82, 2.24) is 14.6 Å². The molecular weight excluding hydrogens is 298 g/mol. The van der Waals surface area contributed by atoms with E-state index < -0.39 is 10.0 Å². The molecule has 0 fully saturated rings. The predicted octanol–water partition coefficient (Wildman–Crippen LogP) is 1.45. The zero-order valence-corrected chi connectivity index (χ0v) is 14.0. The van der Waals surface area contributed by atoms with Gasteiger partial charge in [-0.15, -0.1) is 11.3 Å². The van der Waals surface area contributed by atoms with Gasteiger partial charge in [-0.3, -0.25) is 4.79 Å². The lowest BCUT2D eigenvalue weighted by Gasteiger charge is -2.22. The van der Waals surface area contributed by atoms with Crippen LogP contribution < -0.4 is 5.32 Å². The fourth-order valence-corrected chi connectivity index (χ4v) is 3.62. The minimum atomic E-state index is -3.29. The molecule has 1 N–H and O–H groups in total. The Bertz CT molecular complexity index is 564. The van der Waals surface area contributed by atoms with Gasteiger partial charge < -0.3 is 5.32 Å². The lowest BCUT2D eigenvalue weighted by atomic mass is 10.3. The lowest BCUT2D eigenvalue weighted by molar-refractivity contribution is 0.0938. The van der Waals surface area contributed by atoms with Crippen molar-refractivity contribution < 1.29 is 13.2 Å². The minimum Gasteiger partial charge on any atom is -0.349 e. The number of sulfonamides is 1. The molecule has 0 radical (unpaired) electrons. The summed E-state index contributed by atoms with van der Waals surface area (Å²) in [7, 11) is -3.29. The van der Waals surface area contributed by atoms with E-state index in [-0.39, 0.29) is 24.5 Å². The number of hydrogen-bond donors (Lipinski definition) is 1. The zero-order chi connectivity index (χ0) is 15.5. The van der Waals surface area contributed by atoms with Gasteiger partial charge in [-0.25, -0.2) is 13.4 Å². The summed E-state index contributed by atoms with van der Waals surface area (Å²) in [4.78, 5) is 16.0. The summed E-state index contributed by atoms with van der Waals surface area (Å²) in [6.45, 7) is 7.54. The van der Waals surface area contributed by atoms with Gasteiger partial charge in [-0.2, -0.15) is 4.31 Å². The molecule has 0 spiro atoms. The van der Waals surface area contributed by atoms with Gasteiger partial charge in [0.2, 0.25) is 10.0 Å². The smallest absolute Gasteiger partial charge is 0.270 e. The van der Waals surface area contributed by atoms with Crippen LogP contribution in [0.3, 0.4) is 0 Å². The van der Waals surface area contributed by atoms with Crippen LogP contribution in [0.1, 0.15) is 43.2 Å². The molecule has 20 heavy (non-hydrogen) atoms. The number of amides is 1. The molecule has 1 aromatic rings. The Morgan fingerprint density at radius 2 is 2.00 bits per heavy atom. The molecule has 6 nitrogen and oxygen atoms in total. The number of aromatic nitrogens is 1. The molecule has 0 saturated carbocycles. The van der Waals surface area contributed by atoms with Gasteiger partial charge in [-0.05, 0) is 27.7 Å². The maximum Gasteiger partial charge on any atom is 0.270 e. The van der Waals surface area contributed by atoms with Crippen molar-refractivity contribution in [3.63, 3.8) is 0 Å². The van der Waals surface area contributed by atoms with Crippen LogP contribution in [0.2, 0.25) is 0 Å². The van der Waals surface area contributed by atoms with Crippen LogP contribution in [0.4, 0.5) is 0 Å². The molecule has 8 heteroatoms. The van der Waals surface area contributed by atoms with E-state index in [0.29, 0.717) is 10.7 Å². The molecule has 0 aliphatic carbocycles. The number of nitrogens with one attached hydrogen (secondary N) is 1. The van der Waals surface area contributed by atoms with Crippen LogP contribution in [-0.2, 0) is 16.6 Å². The fraction of sp³-hybridized carbons (Fsp3) is 0.667. The van der Waals surface area contributed by atoms with Crippen molar-refractivity contribution in [1.29, 1.82) is 0 Å². The van der Waals surface area contributed by atoms with Gasteiger partial charge in [-0.1, -0.05) is 0 Å². The number of hydrogen-bond acceptors (Lipinski definition) is 5. The Hall–Kier alpha value is -0.990. The summed E-state index contributed by atoms with van der Waals surface area (Å²) in [6.07, 6.45) is 1.17. The molecule has 1 aromatic heterocycles. The van der Waals surface area contributed by atoms with E-state index in [9.17, 15) is 13.2 Å². The number of rotatable bonds is 6. The second kappa shape index (κ2) is 6.64. The molecule has 0 saturated heterocycles. The minimum absolute atomic E-state index is 0.0378. The molecule has 0 aliphatic rings. The number of nitrogens with zero attached hydrogens (tertiary/aromatic N) is 2. The third-order valence-electron chi connectivity index (χ3n) is 2.50. The van der Waals surface area contributed by atoms with E-state index in [1.807, 2.05) is 13.8 Å². The highest BCUT2D eigenvalue weighted by molar-refractivity contribution is 7.88. The highest BCUT2D eigenvalue weighted by Gasteiger charge is 2.22. The molecule has 114 valence electrons. The Morgan fingerprint density at radius 3 is 2.45 bits per heavy atom. The topological polar surface area (TPSA) is 79.4 Å². The van der Waals surface area contributed by atoms with Gasteiger partial charge in [0.25, 0.3) is 5.91 Å². The maximum atomic E-state index is 11.8. The number of carbonyl (C=O) groups excluding carboxylic acids is 1. The van der Waals surface area contributed by atoms with Gasteiger partial charge in [0.15, 0.2) is 0 Å². The SMILES string of the molecule is CC(C)NC(=O)c1csc(CN(C(C)C)S(C)(=O)=O)n1. The van der Waals surface area contributed by atoms with Gasteiger partial charge in [0, 0.05) is 17.5 Å². The second-order valence-corrected chi connectivity index (χ2v) is 8.03. The van der Waals surface area contributed by atoms with Crippen molar-refractivity contribution in [2.45, 2.75) is 46.3 Å². The van der Waals surface area contributed by atoms with Gasteiger partial charge in [0.1, 0.15) is 10.7 Å². The summed E-state index contributed by atoms with van der Waals surface area (Å²) in [5.41, 5.74) is 0.330. The van der Waals surface area contributed by atoms with Crippen LogP contribution in [0.15, 0.2) is 5.38 Å². The Balaban J connectivity index is 2.84. The first-order valence-electron chi connectivity index (χ1n) is 6.33. The molecule has 1 heterocycles. The second-order valence-electron chi connectivity index (χ2n) is 5.16. The summed E-state index contributed by atoms with van der Waals surface area (Å²) >= 11 is 1.29. The van der Waals surface area contributed by atoms with Gasteiger partial charge >= 0.3 is 0 Å². The lowest BCUT2D eigenvalue weighted by Crippen LogP contribution is -2.35. The van der Waals surface area contributed by atoms with E-state index in [1.54, 1.807) is 19.2 Å². The van der Waals surface area contributed by atoms with E-state index in [0.717, 1.165) is 0 Å². The molecule has 0 bridgehead atoms. The normalized spacial score (nSPS) is 12.4. The molecular formula is C12H21N3O3S2. The van der Waals surface area contributed by atoms with Crippen LogP contribution in [0.25, 0.3) is 0 Å².